The van der Waals surface area contributed by atoms with Crippen LogP contribution in [-0.2, 0) is 5.75 Å². The molecule has 2 aromatic carbocycles. The number of rotatable bonds is 5. The molecule has 3 heteroatoms. The molecule has 2 aromatic rings. The summed E-state index contributed by atoms with van der Waals surface area (Å²) in [6.45, 7) is 2.77. The van der Waals surface area contributed by atoms with Gasteiger partial charge in [-0.2, -0.15) is 0 Å². The molecule has 0 radical (unpaired) electrons. The highest BCUT2D eigenvalue weighted by Gasteiger charge is 2.11. The molecule has 0 saturated heterocycles. The van der Waals surface area contributed by atoms with Crippen LogP contribution >= 0.6 is 23.4 Å². The molecule has 1 unspecified atom stereocenters. The molecule has 100 valence electrons. The molecular weight excluding hydrogens is 274 g/mol. The zero-order valence-corrected chi connectivity index (χ0v) is 12.5. The van der Waals surface area contributed by atoms with Crippen LogP contribution in [0.25, 0.3) is 0 Å². The van der Waals surface area contributed by atoms with Gasteiger partial charge in [-0.25, -0.2) is 0 Å². The van der Waals surface area contributed by atoms with E-state index in [-0.39, 0.29) is 0 Å². The van der Waals surface area contributed by atoms with Crippen LogP contribution in [0.15, 0.2) is 48.5 Å². The molecule has 0 amide bonds. The van der Waals surface area contributed by atoms with Gasteiger partial charge < -0.3 is 5.73 Å². The minimum absolute atomic E-state index is 0.290. The SMILES string of the molecule is Cc1ccccc1CSC(CN)c1cccc(Cl)c1. The van der Waals surface area contributed by atoms with Crippen LogP contribution in [0.4, 0.5) is 0 Å². The summed E-state index contributed by atoms with van der Waals surface area (Å²) in [5.74, 6) is 0.973. The van der Waals surface area contributed by atoms with E-state index in [1.54, 1.807) is 0 Å². The fraction of sp³-hybridized carbons (Fsp3) is 0.250. The first kappa shape index (κ1) is 14.4. The Labute approximate surface area is 124 Å². The monoisotopic (exact) mass is 291 g/mol. The lowest BCUT2D eigenvalue weighted by atomic mass is 10.1. The molecule has 0 aromatic heterocycles. The average Bonchev–Trinajstić information content (AvgIpc) is 2.41. The Balaban J connectivity index is 2.06. The number of benzene rings is 2. The van der Waals surface area contributed by atoms with Crippen LogP contribution in [0.5, 0.6) is 0 Å². The summed E-state index contributed by atoms with van der Waals surface area (Å²) in [5, 5.41) is 1.06. The molecule has 1 atom stereocenters. The third kappa shape index (κ3) is 4.00. The van der Waals surface area contributed by atoms with Crippen molar-refractivity contribution >= 4 is 23.4 Å². The molecule has 0 fully saturated rings. The number of thioether (sulfide) groups is 1. The molecule has 0 saturated carbocycles. The minimum Gasteiger partial charge on any atom is -0.329 e. The van der Waals surface area contributed by atoms with E-state index in [1.807, 2.05) is 30.0 Å². The highest BCUT2D eigenvalue weighted by atomic mass is 35.5. The van der Waals surface area contributed by atoms with E-state index in [1.165, 1.54) is 16.7 Å². The number of hydrogen-bond acceptors (Lipinski definition) is 2. The van der Waals surface area contributed by atoms with Crippen molar-refractivity contribution in [1.82, 2.24) is 0 Å². The number of hydrogen-bond donors (Lipinski definition) is 1. The number of nitrogens with two attached hydrogens (primary N) is 1. The van der Waals surface area contributed by atoms with Gasteiger partial charge in [-0.1, -0.05) is 48.0 Å². The quantitative estimate of drug-likeness (QED) is 0.872. The van der Waals surface area contributed by atoms with Crippen LogP contribution in [0.2, 0.25) is 5.02 Å². The Morgan fingerprint density at radius 3 is 2.63 bits per heavy atom. The molecule has 0 aliphatic carbocycles. The summed E-state index contributed by atoms with van der Waals surface area (Å²) in [7, 11) is 0. The molecule has 1 nitrogen and oxygen atoms in total. The third-order valence-electron chi connectivity index (χ3n) is 3.14. The van der Waals surface area contributed by atoms with Crippen LogP contribution in [0, 0.1) is 6.92 Å². The number of aryl methyl sites for hydroxylation is 1. The van der Waals surface area contributed by atoms with Gasteiger partial charge in [0.25, 0.3) is 0 Å². The highest BCUT2D eigenvalue weighted by Crippen LogP contribution is 2.32. The van der Waals surface area contributed by atoms with Gasteiger partial charge in [-0.05, 0) is 35.7 Å². The van der Waals surface area contributed by atoms with E-state index in [0.717, 1.165) is 10.8 Å². The number of halogens is 1. The van der Waals surface area contributed by atoms with Crippen molar-refractivity contribution in [3.8, 4) is 0 Å². The molecule has 19 heavy (non-hydrogen) atoms. The summed E-state index contributed by atoms with van der Waals surface area (Å²) in [6.07, 6.45) is 0. The molecule has 0 spiro atoms. The maximum Gasteiger partial charge on any atom is 0.0423 e. The molecule has 2 N–H and O–H groups in total. The maximum atomic E-state index is 6.04. The van der Waals surface area contributed by atoms with E-state index in [9.17, 15) is 0 Å². The first-order valence-corrected chi connectivity index (χ1v) is 7.75. The van der Waals surface area contributed by atoms with Crippen molar-refractivity contribution in [2.75, 3.05) is 6.54 Å². The average molecular weight is 292 g/mol. The first-order valence-electron chi connectivity index (χ1n) is 6.32. The lowest BCUT2D eigenvalue weighted by Gasteiger charge is -2.16. The van der Waals surface area contributed by atoms with E-state index in [4.69, 9.17) is 17.3 Å². The van der Waals surface area contributed by atoms with Crippen LogP contribution in [0.1, 0.15) is 21.9 Å². The topological polar surface area (TPSA) is 26.0 Å². The fourth-order valence-corrected chi connectivity index (χ4v) is 3.35. The summed E-state index contributed by atoms with van der Waals surface area (Å²) in [6, 6.07) is 16.4. The second-order valence-corrected chi connectivity index (χ2v) is 6.14. The Kier molecular flexibility index (Phi) is 5.32. The van der Waals surface area contributed by atoms with Crippen molar-refractivity contribution in [1.29, 1.82) is 0 Å². The van der Waals surface area contributed by atoms with Gasteiger partial charge in [0.05, 0.1) is 0 Å². The van der Waals surface area contributed by atoms with Crippen molar-refractivity contribution in [3.05, 3.63) is 70.2 Å². The van der Waals surface area contributed by atoms with Crippen molar-refractivity contribution in [3.63, 3.8) is 0 Å². The van der Waals surface area contributed by atoms with Gasteiger partial charge in [0.15, 0.2) is 0 Å². The summed E-state index contributed by atoms with van der Waals surface area (Å²) >= 11 is 7.91. The summed E-state index contributed by atoms with van der Waals surface area (Å²) < 4.78 is 0. The Hall–Kier alpha value is -0.960. The van der Waals surface area contributed by atoms with Crippen molar-refractivity contribution in [2.45, 2.75) is 17.9 Å². The predicted molar refractivity (Wildman–Crippen MR) is 85.7 cm³/mol. The molecule has 0 aliphatic rings. The van der Waals surface area contributed by atoms with Crippen LogP contribution in [-0.4, -0.2) is 6.54 Å². The van der Waals surface area contributed by atoms with Gasteiger partial charge in [0, 0.05) is 22.6 Å². The fourth-order valence-electron chi connectivity index (χ4n) is 1.97. The Morgan fingerprint density at radius 1 is 1.16 bits per heavy atom. The highest BCUT2D eigenvalue weighted by molar-refractivity contribution is 7.98. The third-order valence-corrected chi connectivity index (χ3v) is 4.72. The summed E-state index contributed by atoms with van der Waals surface area (Å²) in [5.41, 5.74) is 9.79. The minimum atomic E-state index is 0.290. The van der Waals surface area contributed by atoms with E-state index >= 15 is 0 Å². The Bertz CT molecular complexity index is 542. The molecule has 0 heterocycles. The van der Waals surface area contributed by atoms with E-state index < -0.39 is 0 Å². The van der Waals surface area contributed by atoms with Crippen molar-refractivity contribution in [2.24, 2.45) is 5.73 Å². The largest absolute Gasteiger partial charge is 0.329 e. The van der Waals surface area contributed by atoms with E-state index in [0.29, 0.717) is 11.8 Å². The summed E-state index contributed by atoms with van der Waals surface area (Å²) in [4.78, 5) is 0. The normalized spacial score (nSPS) is 12.4. The maximum absolute atomic E-state index is 6.04. The predicted octanol–water partition coefficient (Wildman–Crippen LogP) is 4.58. The Morgan fingerprint density at radius 2 is 1.95 bits per heavy atom. The van der Waals surface area contributed by atoms with E-state index in [2.05, 4.69) is 37.3 Å². The second kappa shape index (κ2) is 6.99. The zero-order chi connectivity index (χ0) is 13.7. The van der Waals surface area contributed by atoms with Crippen molar-refractivity contribution < 1.29 is 0 Å². The lowest BCUT2D eigenvalue weighted by Crippen LogP contribution is -2.09. The molecule has 0 aliphatic heterocycles. The van der Waals surface area contributed by atoms with Gasteiger partial charge in [-0.3, -0.25) is 0 Å². The van der Waals surface area contributed by atoms with Gasteiger partial charge >= 0.3 is 0 Å². The van der Waals surface area contributed by atoms with Crippen LogP contribution in [0.3, 0.4) is 0 Å². The molecule has 0 bridgehead atoms. The lowest BCUT2D eigenvalue weighted by molar-refractivity contribution is 0.940. The first-order chi connectivity index (χ1) is 9.20. The van der Waals surface area contributed by atoms with Crippen LogP contribution < -0.4 is 5.73 Å². The second-order valence-electron chi connectivity index (χ2n) is 4.52. The molecule has 2 rings (SSSR count). The van der Waals surface area contributed by atoms with Gasteiger partial charge in [0.2, 0.25) is 0 Å². The van der Waals surface area contributed by atoms with Gasteiger partial charge in [-0.15, -0.1) is 11.8 Å². The smallest absolute Gasteiger partial charge is 0.0423 e. The molecular formula is C16H18ClNS. The zero-order valence-electron chi connectivity index (χ0n) is 11.0. The standard InChI is InChI=1S/C16H18ClNS/c1-12-5-2-3-6-14(12)11-19-16(10-18)13-7-4-8-15(17)9-13/h2-9,16H,10-11,18H2,1H3. The van der Waals surface area contributed by atoms with Gasteiger partial charge in [0.1, 0.15) is 0 Å².